The van der Waals surface area contributed by atoms with E-state index in [1.165, 1.54) is 72.8 Å². The Hall–Kier alpha value is -14.0. The summed E-state index contributed by atoms with van der Waals surface area (Å²) < 4.78 is 260. The van der Waals surface area contributed by atoms with Gasteiger partial charge < -0.3 is 75.6 Å². The summed E-state index contributed by atoms with van der Waals surface area (Å²) in [5.41, 5.74) is -3.91. The number of carboxylic acids is 2. The molecule has 0 aliphatic heterocycles. The van der Waals surface area contributed by atoms with Crippen LogP contribution in [0.5, 0.6) is 34.5 Å². The van der Waals surface area contributed by atoms with Crippen molar-refractivity contribution in [2.24, 2.45) is 5.92 Å². The van der Waals surface area contributed by atoms with E-state index < -0.39 is 131 Å². The molecular weight excluding hydrogens is 1710 g/mol. The van der Waals surface area contributed by atoms with Gasteiger partial charge in [-0.15, -0.1) is 79.0 Å². The highest BCUT2D eigenvalue weighted by Gasteiger charge is 2.53. The van der Waals surface area contributed by atoms with Crippen LogP contribution in [0.1, 0.15) is 94.3 Å². The highest BCUT2D eigenvalue weighted by Crippen LogP contribution is 2.44. The number of carboxylic acid groups (broad SMARTS) is 2. The van der Waals surface area contributed by atoms with E-state index in [0.717, 1.165) is 72.8 Å². The molecule has 1 aliphatic rings. The Kier molecular flexibility index (Phi) is 30.5. The molecule has 126 heavy (non-hydrogen) atoms. The van der Waals surface area contributed by atoms with E-state index in [0.29, 0.717) is 27.8 Å². The van der Waals surface area contributed by atoms with Crippen molar-refractivity contribution in [1.82, 2.24) is 31.9 Å². The van der Waals surface area contributed by atoms with Crippen molar-refractivity contribution in [3.05, 3.63) is 329 Å². The van der Waals surface area contributed by atoms with Crippen LogP contribution in [0.4, 0.5) is 93.4 Å². The van der Waals surface area contributed by atoms with Crippen molar-refractivity contribution in [1.29, 1.82) is 0 Å². The molecule has 1 saturated carbocycles. The van der Waals surface area contributed by atoms with Gasteiger partial charge in [-0.1, -0.05) is 208 Å². The normalized spacial score (nSPS) is 13.1. The van der Waals surface area contributed by atoms with Gasteiger partial charge in [0.1, 0.15) is 51.8 Å². The van der Waals surface area contributed by atoms with Crippen molar-refractivity contribution in [2.45, 2.75) is 125 Å². The van der Waals surface area contributed by atoms with Crippen molar-refractivity contribution in [3.8, 4) is 34.5 Å². The Bertz CT molecular complexity index is 5190. The summed E-state index contributed by atoms with van der Waals surface area (Å²) in [6.45, 7) is 6.93. The standard InChI is InChI=1S/C32H26F6N2O4.C29H28F6N2O5.C27H22F6N2O5/c1-21(41)24-15-13-23(14-16-24)20-39-29(42)40-30(19-22-7-3-2-4-8-22,25-9-5-11-27(17-25)43-31(33,34)35)26-10-6-12-28(18-26)44-32(36,37)38;1-18(2)14-24(25(38)39)36-26(40)37-27(17-19-8-4-3-5-9-19,20-10-6-12-22(15-20)41-28(30,31)32)21-11-7-13-23(16-21)42-29(33,34)35;28-26(29,30)39-20-10-4-8-18(14-20)25(16-17-6-2-1-3-7-17,35-23(38)34-24(12-13-24)22(36)37)19-9-5-11-21(15-19)40-27(31,32)33/h2-18,41H,1,19-20H2,(H2,39,40,42);3-13,15-16,18,24H,14,17H2,1-2H3,(H,38,39)(H2,36,37,40);1-11,14-15H,12-13,16H2,(H,36,37)(H2,34,35,38)/t;24-;/m.1./s1. The Morgan fingerprint density at radius 1 is 0.357 bits per heavy atom. The first kappa shape index (κ1) is 95.9. The Morgan fingerprint density at radius 3 is 0.865 bits per heavy atom. The lowest BCUT2D eigenvalue weighted by Crippen LogP contribution is -2.56. The lowest BCUT2D eigenvalue weighted by molar-refractivity contribution is -0.275. The zero-order valence-electron chi connectivity index (χ0n) is 65.8. The van der Waals surface area contributed by atoms with Gasteiger partial charge in [0.25, 0.3) is 0 Å². The Balaban J connectivity index is 0.000000214. The number of halogens is 18. The predicted octanol–water partition coefficient (Wildman–Crippen LogP) is 20.7. The van der Waals surface area contributed by atoms with Crippen molar-refractivity contribution in [3.63, 3.8) is 0 Å². The fraction of sp³-hybridized carbons (Fsp3) is 0.239. The van der Waals surface area contributed by atoms with Gasteiger partial charge in [-0.25, -0.2) is 24.0 Å². The monoisotopic (exact) mass is 1780 g/mol. The maximum absolute atomic E-state index is 13.5. The number of hydrogen-bond donors (Lipinski definition) is 9. The third-order valence-electron chi connectivity index (χ3n) is 18.8. The molecule has 20 nitrogen and oxygen atoms in total. The van der Waals surface area contributed by atoms with Crippen molar-refractivity contribution >= 4 is 35.8 Å². The molecule has 668 valence electrons. The third-order valence-corrected chi connectivity index (χ3v) is 18.8. The van der Waals surface area contributed by atoms with Crippen LogP contribution in [-0.2, 0) is 52.0 Å². The van der Waals surface area contributed by atoms with E-state index in [4.69, 9.17) is 0 Å². The van der Waals surface area contributed by atoms with Crippen LogP contribution in [0.3, 0.4) is 0 Å². The second kappa shape index (κ2) is 40.1. The van der Waals surface area contributed by atoms with Crippen LogP contribution >= 0.6 is 0 Å². The van der Waals surface area contributed by atoms with E-state index in [2.05, 4.69) is 66.9 Å². The van der Waals surface area contributed by atoms with Gasteiger partial charge in [0, 0.05) is 31.4 Å². The number of nitrogens with one attached hydrogen (secondary N) is 6. The molecule has 0 heterocycles. The molecule has 1 fully saturated rings. The number of alkyl halides is 18. The fourth-order valence-electron chi connectivity index (χ4n) is 13.4. The summed E-state index contributed by atoms with van der Waals surface area (Å²) in [5.74, 6) is -6.64. The van der Waals surface area contributed by atoms with Gasteiger partial charge in [-0.05, 0) is 154 Å². The topological polar surface area (TPSA) is 274 Å². The smallest absolute Gasteiger partial charge is 0.508 e. The van der Waals surface area contributed by atoms with Gasteiger partial charge in [0.15, 0.2) is 0 Å². The van der Waals surface area contributed by atoms with E-state index in [9.17, 15) is 118 Å². The van der Waals surface area contributed by atoms with Gasteiger partial charge in [-0.3, -0.25) is 0 Å². The van der Waals surface area contributed by atoms with E-state index in [1.807, 2.05) is 0 Å². The first-order valence-electron chi connectivity index (χ1n) is 37.5. The number of amides is 6. The average Bonchev–Trinajstić information content (AvgIpc) is 0.777. The molecule has 0 spiro atoms. The number of ether oxygens (including phenoxy) is 6. The number of aliphatic hydroxyl groups is 1. The zero-order chi connectivity index (χ0) is 92.3. The van der Waals surface area contributed by atoms with Crippen LogP contribution in [-0.4, -0.2) is 95.1 Å². The first-order valence-corrected chi connectivity index (χ1v) is 37.5. The second-order valence-electron chi connectivity index (χ2n) is 28.7. The molecule has 0 saturated heterocycles. The largest absolute Gasteiger partial charge is 0.573 e. The quantitative estimate of drug-likeness (QED) is 0.0150. The molecule has 10 aromatic carbocycles. The molecule has 1 atom stereocenters. The summed E-state index contributed by atoms with van der Waals surface area (Å²) in [6, 6.07) is 55.7. The molecule has 10 aromatic rings. The maximum Gasteiger partial charge on any atom is 0.573 e. The van der Waals surface area contributed by atoms with Gasteiger partial charge >= 0.3 is 68.2 Å². The lowest BCUT2D eigenvalue weighted by Gasteiger charge is -2.37. The SMILES string of the molecule is C=C(O)c1ccc(CNC(=O)NC(Cc2ccccc2)(c2cccc(OC(F)(F)F)c2)c2cccc(OC(F)(F)F)c2)cc1.CC(C)C[C@@H](NC(=O)NC(Cc1ccccc1)(c1cccc(OC(F)(F)F)c1)c1cccc(OC(F)(F)F)c1)C(=O)O.O=C(NC1(C(=O)O)CC1)NC(Cc1ccccc1)(c1cccc(OC(F)(F)F)c1)c1cccc(OC(F)(F)F)c1. The molecule has 0 bridgehead atoms. The van der Waals surface area contributed by atoms with E-state index in [1.54, 1.807) is 129 Å². The average molecular weight is 1780 g/mol. The highest BCUT2D eigenvalue weighted by molar-refractivity contribution is 5.89. The van der Waals surface area contributed by atoms with Crippen LogP contribution < -0.4 is 60.3 Å². The molecule has 1 aliphatic carbocycles. The predicted molar refractivity (Wildman–Crippen MR) is 419 cm³/mol. The Labute approximate surface area is 706 Å². The van der Waals surface area contributed by atoms with Crippen LogP contribution in [0, 0.1) is 5.92 Å². The summed E-state index contributed by atoms with van der Waals surface area (Å²) in [7, 11) is 0. The fourth-order valence-corrected chi connectivity index (χ4v) is 13.4. The molecule has 6 amide bonds. The van der Waals surface area contributed by atoms with Gasteiger partial charge in [0.2, 0.25) is 0 Å². The van der Waals surface area contributed by atoms with Crippen LogP contribution in [0.2, 0.25) is 0 Å². The summed E-state index contributed by atoms with van der Waals surface area (Å²) in [6.07, 6.45) is -30.3. The number of hydrogen-bond acceptors (Lipinski definition) is 12. The number of benzene rings is 10. The van der Waals surface area contributed by atoms with Gasteiger partial charge in [0.05, 0.1) is 16.6 Å². The van der Waals surface area contributed by atoms with Crippen LogP contribution in [0.15, 0.2) is 267 Å². The molecule has 0 unspecified atom stereocenters. The third kappa shape index (κ3) is 28.8. The summed E-state index contributed by atoms with van der Waals surface area (Å²) in [5, 5.41) is 44.3. The molecule has 11 rings (SSSR count). The summed E-state index contributed by atoms with van der Waals surface area (Å²) >= 11 is 0. The second-order valence-corrected chi connectivity index (χ2v) is 28.7. The minimum absolute atomic E-state index is 0.000115. The molecular formula is C88H76F18N6O14. The number of rotatable bonds is 30. The van der Waals surface area contributed by atoms with E-state index >= 15 is 0 Å². The minimum atomic E-state index is -5.06. The lowest BCUT2D eigenvalue weighted by atomic mass is 9.77. The van der Waals surface area contributed by atoms with Gasteiger partial charge in [-0.2, -0.15) is 0 Å². The van der Waals surface area contributed by atoms with E-state index in [-0.39, 0.29) is 90.1 Å². The highest BCUT2D eigenvalue weighted by atomic mass is 19.4. The number of urea groups is 3. The molecule has 0 radical (unpaired) electrons. The first-order chi connectivity index (χ1) is 59.0. The number of carbonyl (C=O) groups is 5. The number of carbonyl (C=O) groups excluding carboxylic acids is 3. The minimum Gasteiger partial charge on any atom is -0.508 e. The van der Waals surface area contributed by atoms with Crippen molar-refractivity contribution < 1.29 is 147 Å². The molecule has 0 aromatic heterocycles. The number of aliphatic hydroxyl groups excluding tert-OH is 1. The van der Waals surface area contributed by atoms with Crippen LogP contribution in [0.25, 0.3) is 5.76 Å². The Morgan fingerprint density at radius 2 is 0.627 bits per heavy atom. The molecule has 38 heteroatoms. The zero-order valence-corrected chi connectivity index (χ0v) is 65.8. The van der Waals surface area contributed by atoms with Crippen molar-refractivity contribution in [2.75, 3.05) is 0 Å². The number of aliphatic carboxylic acids is 2. The molecule has 9 N–H and O–H groups in total. The maximum atomic E-state index is 13.5. The summed E-state index contributed by atoms with van der Waals surface area (Å²) in [4.78, 5) is 63.7.